The van der Waals surface area contributed by atoms with Gasteiger partial charge in [0.1, 0.15) is 17.6 Å². The smallest absolute Gasteiger partial charge is 0.308 e. The normalized spacial score (nSPS) is 30.2. The molecule has 1 amide bonds. The molecule has 2 unspecified atom stereocenters. The summed E-state index contributed by atoms with van der Waals surface area (Å²) in [6.07, 6.45) is 3.55. The van der Waals surface area contributed by atoms with Crippen molar-refractivity contribution >= 4 is 68.0 Å². The lowest BCUT2D eigenvalue weighted by molar-refractivity contribution is -0.208. The number of rotatable bonds is 7. The number of epoxide rings is 1. The van der Waals surface area contributed by atoms with Crippen molar-refractivity contribution in [1.82, 2.24) is 0 Å². The first-order valence-corrected chi connectivity index (χ1v) is 17.2. The number of amides is 1. The van der Waals surface area contributed by atoms with Gasteiger partial charge in [-0.3, -0.25) is 9.59 Å². The van der Waals surface area contributed by atoms with Gasteiger partial charge >= 0.3 is 5.97 Å². The molecule has 4 atom stereocenters. The molecule has 4 aromatic rings. The van der Waals surface area contributed by atoms with E-state index in [0.29, 0.717) is 24.1 Å². The van der Waals surface area contributed by atoms with Crippen LogP contribution in [0.25, 0.3) is 21.5 Å². The van der Waals surface area contributed by atoms with Crippen LogP contribution in [0.2, 0.25) is 0 Å². The average molecular weight is 658 g/mol. The largest absolute Gasteiger partial charge is 0.507 e. The molecule has 3 aliphatic carbocycles. The monoisotopic (exact) mass is 656 g/mol. The van der Waals surface area contributed by atoms with Crippen LogP contribution < -0.4 is 14.5 Å². The van der Waals surface area contributed by atoms with Gasteiger partial charge in [-0.15, -0.1) is 23.2 Å². The minimum atomic E-state index is -0.391. The van der Waals surface area contributed by atoms with E-state index in [9.17, 15) is 14.7 Å². The zero-order chi connectivity index (χ0) is 31.5. The van der Waals surface area contributed by atoms with E-state index in [4.69, 9.17) is 32.7 Å². The van der Waals surface area contributed by atoms with Crippen molar-refractivity contribution in [3.8, 4) is 11.5 Å². The number of benzene rings is 4. The maximum Gasteiger partial charge on any atom is 0.308 e. The molecular weight excluding hydrogens is 623 g/mol. The molecule has 1 saturated heterocycles. The third kappa shape index (κ3) is 4.01. The van der Waals surface area contributed by atoms with E-state index in [2.05, 4.69) is 11.0 Å². The summed E-state index contributed by atoms with van der Waals surface area (Å²) in [6, 6.07) is 19.6. The van der Waals surface area contributed by atoms with Gasteiger partial charge in [0.15, 0.2) is 6.23 Å². The first-order valence-electron chi connectivity index (χ1n) is 16.1. The second kappa shape index (κ2) is 9.99. The summed E-state index contributed by atoms with van der Waals surface area (Å²) in [5, 5.41) is 14.6. The molecule has 6 aliphatic rings. The molecule has 7 nitrogen and oxygen atoms in total. The number of alkyl halides is 2. The molecule has 0 aromatic heterocycles. The quantitative estimate of drug-likeness (QED) is 0.0965. The summed E-state index contributed by atoms with van der Waals surface area (Å²) in [4.78, 5) is 30.4. The SMILES string of the molecule is CC(=O)Oc1cc2c(c3ccccc13)[C@H](CCl)CN2C(=O)C12CC(CC3OC3N3C[C@@H](CCl)c4c3cc(O)c3ccccc43)(C1)C2. The van der Waals surface area contributed by atoms with Crippen molar-refractivity contribution in [1.29, 1.82) is 0 Å². The van der Waals surface area contributed by atoms with Gasteiger partial charge in [0.2, 0.25) is 5.91 Å². The molecule has 0 radical (unpaired) electrons. The van der Waals surface area contributed by atoms with Gasteiger partial charge in [0, 0.05) is 72.2 Å². The fourth-order valence-electron chi connectivity index (χ4n) is 9.51. The molecule has 4 aromatic carbocycles. The highest BCUT2D eigenvalue weighted by molar-refractivity contribution is 6.19. The number of hydrogen-bond acceptors (Lipinski definition) is 6. The van der Waals surface area contributed by atoms with E-state index in [1.54, 1.807) is 0 Å². The highest BCUT2D eigenvalue weighted by Gasteiger charge is 2.73. The number of esters is 1. The molecule has 4 fully saturated rings. The Morgan fingerprint density at radius 1 is 0.891 bits per heavy atom. The van der Waals surface area contributed by atoms with Gasteiger partial charge in [0.05, 0.1) is 11.1 Å². The van der Waals surface area contributed by atoms with E-state index in [-0.39, 0.29) is 46.7 Å². The van der Waals surface area contributed by atoms with Crippen LogP contribution in [-0.4, -0.2) is 54.2 Å². The summed E-state index contributed by atoms with van der Waals surface area (Å²) in [5.74, 6) is 1.60. The van der Waals surface area contributed by atoms with Gasteiger partial charge in [-0.1, -0.05) is 48.5 Å². The van der Waals surface area contributed by atoms with Crippen LogP contribution >= 0.6 is 23.2 Å². The van der Waals surface area contributed by atoms with Crippen LogP contribution in [0.5, 0.6) is 11.5 Å². The maximum atomic E-state index is 14.2. The van der Waals surface area contributed by atoms with Crippen LogP contribution in [0.15, 0.2) is 60.7 Å². The summed E-state index contributed by atoms with van der Waals surface area (Å²) in [6.45, 7) is 2.70. The predicted octanol–water partition coefficient (Wildman–Crippen LogP) is 7.42. The Bertz CT molecular complexity index is 1960. The van der Waals surface area contributed by atoms with E-state index in [1.165, 1.54) is 12.5 Å². The van der Waals surface area contributed by atoms with Gasteiger partial charge in [-0.2, -0.15) is 0 Å². The number of nitrogens with zero attached hydrogens (tertiary/aromatic N) is 2. The highest BCUT2D eigenvalue weighted by atomic mass is 35.5. The predicted molar refractivity (Wildman–Crippen MR) is 179 cm³/mol. The van der Waals surface area contributed by atoms with Crippen LogP contribution in [0.4, 0.5) is 11.4 Å². The maximum absolute atomic E-state index is 14.2. The Hall–Kier alpha value is -3.52. The van der Waals surface area contributed by atoms with E-state index < -0.39 is 5.97 Å². The third-order valence-electron chi connectivity index (χ3n) is 11.3. The Balaban J connectivity index is 0.925. The molecule has 46 heavy (non-hydrogen) atoms. The minimum absolute atomic E-state index is 0.00976. The first-order chi connectivity index (χ1) is 22.2. The van der Waals surface area contributed by atoms with Crippen molar-refractivity contribution in [2.75, 3.05) is 34.6 Å². The number of phenols is 1. The number of phenolic OH excluding ortho intramolecular Hbond substituents is 1. The molecule has 3 saturated carbocycles. The van der Waals surface area contributed by atoms with Crippen molar-refractivity contribution in [2.24, 2.45) is 10.8 Å². The Labute approximate surface area is 276 Å². The highest BCUT2D eigenvalue weighted by Crippen LogP contribution is 2.76. The van der Waals surface area contributed by atoms with Crippen LogP contribution in [0.1, 0.15) is 55.6 Å². The van der Waals surface area contributed by atoms with Crippen LogP contribution in [0, 0.1) is 10.8 Å². The topological polar surface area (TPSA) is 82.6 Å². The third-order valence-corrected chi connectivity index (χ3v) is 12.0. The summed E-state index contributed by atoms with van der Waals surface area (Å²) < 4.78 is 11.9. The number of ether oxygens (including phenoxy) is 2. The lowest BCUT2D eigenvalue weighted by Crippen LogP contribution is -2.68. The standard InChI is InChI=1S/C37H34Cl2N2O5/c1-20(42)45-30-11-28-33(26-9-5-3-7-24(26)30)22(14-39)16-41(28)35(44)37-17-36(18-37,19-37)12-31-34(46-31)40-15-21(13-38)32-25-8-4-2-6-23(25)29(43)10-27(32)40/h2-11,21-22,31,34,43H,12-19H2,1H3/t21-,22-,31?,34?,36?,37?/m1/s1. The summed E-state index contributed by atoms with van der Waals surface area (Å²) in [7, 11) is 0. The van der Waals surface area contributed by atoms with Gasteiger partial charge in [-0.25, -0.2) is 0 Å². The van der Waals surface area contributed by atoms with Gasteiger partial charge in [-0.05, 0) is 53.0 Å². The second-order valence-corrected chi connectivity index (χ2v) is 14.8. The second-order valence-electron chi connectivity index (χ2n) is 14.2. The summed E-state index contributed by atoms with van der Waals surface area (Å²) in [5.41, 5.74) is 3.84. The fraction of sp³-hybridized carbons (Fsp3) is 0.405. The van der Waals surface area contributed by atoms with E-state index >= 15 is 0 Å². The number of aromatic hydroxyl groups is 1. The zero-order valence-corrected chi connectivity index (χ0v) is 27.0. The number of halogens is 2. The van der Waals surface area contributed by atoms with E-state index in [0.717, 1.165) is 70.7 Å². The number of fused-ring (bicyclic) bond motifs is 6. The van der Waals surface area contributed by atoms with Crippen LogP contribution in [-0.2, 0) is 14.3 Å². The average Bonchev–Trinajstić information content (AvgIpc) is 3.52. The number of hydrogen-bond donors (Lipinski definition) is 1. The lowest BCUT2D eigenvalue weighted by Gasteiger charge is -2.70. The number of carbonyl (C=O) groups excluding carboxylic acids is 2. The number of anilines is 2. The fourth-order valence-corrected chi connectivity index (χ4v) is 10.0. The van der Waals surface area contributed by atoms with Gasteiger partial charge in [0.25, 0.3) is 0 Å². The molecule has 3 heterocycles. The Morgan fingerprint density at radius 3 is 2.17 bits per heavy atom. The molecule has 9 heteroatoms. The number of carbonyl (C=O) groups is 2. The first kappa shape index (κ1) is 28.7. The van der Waals surface area contributed by atoms with Crippen molar-refractivity contribution < 1.29 is 24.2 Å². The van der Waals surface area contributed by atoms with Crippen molar-refractivity contribution in [3.63, 3.8) is 0 Å². The molecular formula is C37H34Cl2N2O5. The Kier molecular flexibility index (Phi) is 6.23. The molecule has 236 valence electrons. The molecule has 10 rings (SSSR count). The molecule has 0 spiro atoms. The van der Waals surface area contributed by atoms with Crippen molar-refractivity contribution in [2.45, 2.75) is 56.8 Å². The molecule has 3 aliphatic heterocycles. The molecule has 2 bridgehead atoms. The Morgan fingerprint density at radius 2 is 1.50 bits per heavy atom. The van der Waals surface area contributed by atoms with E-state index in [1.807, 2.05) is 59.5 Å². The zero-order valence-electron chi connectivity index (χ0n) is 25.5. The molecule has 1 N–H and O–H groups in total. The summed E-state index contributed by atoms with van der Waals surface area (Å²) >= 11 is 12.9. The van der Waals surface area contributed by atoms with Gasteiger partial charge < -0.3 is 24.4 Å². The van der Waals surface area contributed by atoms with Crippen molar-refractivity contribution in [3.05, 3.63) is 71.8 Å². The van der Waals surface area contributed by atoms with Crippen LogP contribution in [0.3, 0.4) is 0 Å². The minimum Gasteiger partial charge on any atom is -0.507 e. The lowest BCUT2D eigenvalue weighted by atomic mass is 9.33.